The Labute approximate surface area is 111 Å². The number of hydrogen-bond acceptors (Lipinski definition) is 5. The van der Waals surface area contributed by atoms with E-state index in [1.807, 2.05) is 30.3 Å². The first-order valence-corrected chi connectivity index (χ1v) is 6.53. The lowest BCUT2D eigenvalue weighted by Crippen LogP contribution is -2.41. The molecule has 0 bridgehead atoms. The van der Waals surface area contributed by atoms with Gasteiger partial charge >= 0.3 is 0 Å². The van der Waals surface area contributed by atoms with E-state index < -0.39 is 0 Å². The molecule has 0 saturated heterocycles. The predicted molar refractivity (Wildman–Crippen MR) is 69.7 cm³/mol. The standard InChI is InChI=1S/C14H17N3O2/c15-10-14(7-4-8-14)13-16-12(17-19-13)9-18-11-5-2-1-3-6-11/h1-3,5-6H,4,7-10,15H2. The van der Waals surface area contributed by atoms with E-state index in [2.05, 4.69) is 10.1 Å². The number of nitrogens with zero attached hydrogens (tertiary/aromatic N) is 2. The fourth-order valence-electron chi connectivity index (χ4n) is 2.30. The molecule has 5 nitrogen and oxygen atoms in total. The van der Waals surface area contributed by atoms with E-state index in [0.29, 0.717) is 24.9 Å². The van der Waals surface area contributed by atoms with Gasteiger partial charge in [-0.2, -0.15) is 4.98 Å². The van der Waals surface area contributed by atoms with Crippen molar-refractivity contribution in [1.82, 2.24) is 10.1 Å². The molecule has 1 aromatic carbocycles. The Morgan fingerprint density at radius 2 is 2.05 bits per heavy atom. The lowest BCUT2D eigenvalue weighted by Gasteiger charge is -2.36. The summed E-state index contributed by atoms with van der Waals surface area (Å²) in [7, 11) is 0. The fraction of sp³-hybridized carbons (Fsp3) is 0.429. The predicted octanol–water partition coefficient (Wildman–Crippen LogP) is 2.03. The maximum absolute atomic E-state index is 5.82. The highest BCUT2D eigenvalue weighted by Gasteiger charge is 2.42. The monoisotopic (exact) mass is 259 g/mol. The number of para-hydroxylation sites is 1. The van der Waals surface area contributed by atoms with Crippen molar-refractivity contribution in [2.45, 2.75) is 31.3 Å². The average Bonchev–Trinajstić information content (AvgIpc) is 2.86. The van der Waals surface area contributed by atoms with Gasteiger partial charge in [-0.05, 0) is 25.0 Å². The van der Waals surface area contributed by atoms with E-state index in [0.717, 1.165) is 18.6 Å². The first-order chi connectivity index (χ1) is 9.32. The second kappa shape index (κ2) is 5.01. The van der Waals surface area contributed by atoms with Crippen LogP contribution in [0.2, 0.25) is 0 Å². The van der Waals surface area contributed by atoms with Gasteiger partial charge in [-0.3, -0.25) is 0 Å². The van der Waals surface area contributed by atoms with Crippen LogP contribution in [-0.2, 0) is 12.0 Å². The summed E-state index contributed by atoms with van der Waals surface area (Å²) in [6, 6.07) is 9.59. The van der Waals surface area contributed by atoms with Crippen LogP contribution in [0.15, 0.2) is 34.9 Å². The summed E-state index contributed by atoms with van der Waals surface area (Å²) in [5.74, 6) is 2.03. The first-order valence-electron chi connectivity index (χ1n) is 6.53. The molecular formula is C14H17N3O2. The van der Waals surface area contributed by atoms with E-state index in [9.17, 15) is 0 Å². The van der Waals surface area contributed by atoms with Gasteiger partial charge in [0, 0.05) is 6.54 Å². The van der Waals surface area contributed by atoms with Crippen molar-refractivity contribution in [3.8, 4) is 5.75 Å². The van der Waals surface area contributed by atoms with Gasteiger partial charge < -0.3 is 15.0 Å². The zero-order valence-electron chi connectivity index (χ0n) is 10.7. The highest BCUT2D eigenvalue weighted by atomic mass is 16.5. The molecule has 0 atom stereocenters. The highest BCUT2D eigenvalue weighted by Crippen LogP contribution is 2.41. The molecule has 1 aliphatic rings. The molecule has 0 aliphatic heterocycles. The van der Waals surface area contributed by atoms with Crippen LogP contribution in [0.1, 0.15) is 31.0 Å². The minimum absolute atomic E-state index is 0.0853. The molecule has 0 spiro atoms. The van der Waals surface area contributed by atoms with E-state index in [-0.39, 0.29) is 5.41 Å². The van der Waals surface area contributed by atoms with Gasteiger partial charge in [0.05, 0.1) is 5.41 Å². The molecule has 5 heteroatoms. The third-order valence-electron chi connectivity index (χ3n) is 3.73. The molecule has 2 N–H and O–H groups in total. The summed E-state index contributed by atoms with van der Waals surface area (Å²) in [5.41, 5.74) is 5.73. The van der Waals surface area contributed by atoms with Gasteiger partial charge in [-0.15, -0.1) is 0 Å². The number of nitrogens with two attached hydrogens (primary N) is 1. The Kier molecular flexibility index (Phi) is 3.21. The van der Waals surface area contributed by atoms with Crippen LogP contribution >= 0.6 is 0 Å². The van der Waals surface area contributed by atoms with Gasteiger partial charge in [0.1, 0.15) is 5.75 Å². The zero-order chi connectivity index (χ0) is 13.1. The van der Waals surface area contributed by atoms with E-state index >= 15 is 0 Å². The Morgan fingerprint density at radius 3 is 2.68 bits per heavy atom. The third kappa shape index (κ3) is 2.33. The number of aromatic nitrogens is 2. The zero-order valence-corrected chi connectivity index (χ0v) is 10.7. The van der Waals surface area contributed by atoms with Crippen LogP contribution in [0.3, 0.4) is 0 Å². The molecule has 3 rings (SSSR count). The van der Waals surface area contributed by atoms with Crippen LogP contribution in [0.4, 0.5) is 0 Å². The highest BCUT2D eigenvalue weighted by molar-refractivity contribution is 5.21. The minimum Gasteiger partial charge on any atom is -0.485 e. The number of benzene rings is 1. The van der Waals surface area contributed by atoms with Crippen molar-refractivity contribution in [1.29, 1.82) is 0 Å². The summed E-state index contributed by atoms with van der Waals surface area (Å²) in [6.45, 7) is 0.877. The first kappa shape index (κ1) is 12.2. The molecule has 1 aliphatic carbocycles. The summed E-state index contributed by atoms with van der Waals surface area (Å²) in [5, 5.41) is 3.96. The molecule has 19 heavy (non-hydrogen) atoms. The number of hydrogen-bond donors (Lipinski definition) is 1. The number of rotatable bonds is 5. The molecule has 100 valence electrons. The van der Waals surface area contributed by atoms with Crippen molar-refractivity contribution >= 4 is 0 Å². The summed E-state index contributed by atoms with van der Waals surface area (Å²) >= 11 is 0. The molecule has 0 unspecified atom stereocenters. The third-order valence-corrected chi connectivity index (χ3v) is 3.73. The maximum Gasteiger partial charge on any atom is 0.234 e. The minimum atomic E-state index is -0.0853. The molecule has 1 fully saturated rings. The second-order valence-corrected chi connectivity index (χ2v) is 4.96. The average molecular weight is 259 g/mol. The summed E-state index contributed by atoms with van der Waals surface area (Å²) < 4.78 is 10.9. The van der Waals surface area contributed by atoms with Crippen LogP contribution in [0.25, 0.3) is 0 Å². The van der Waals surface area contributed by atoms with Crippen molar-refractivity contribution in [2.24, 2.45) is 5.73 Å². The Hall–Kier alpha value is -1.88. The Morgan fingerprint density at radius 1 is 1.26 bits per heavy atom. The summed E-state index contributed by atoms with van der Waals surface area (Å²) in [6.07, 6.45) is 3.24. The molecule has 1 heterocycles. The van der Waals surface area contributed by atoms with Crippen molar-refractivity contribution < 1.29 is 9.26 Å². The smallest absolute Gasteiger partial charge is 0.234 e. The molecule has 2 aromatic rings. The van der Waals surface area contributed by atoms with Gasteiger partial charge in [-0.1, -0.05) is 29.8 Å². The quantitative estimate of drug-likeness (QED) is 0.889. The van der Waals surface area contributed by atoms with Gasteiger partial charge in [0.15, 0.2) is 6.61 Å². The lowest BCUT2D eigenvalue weighted by atomic mass is 9.69. The van der Waals surface area contributed by atoms with Crippen LogP contribution in [0, 0.1) is 0 Å². The number of ether oxygens (including phenoxy) is 1. The van der Waals surface area contributed by atoms with Gasteiger partial charge in [0.25, 0.3) is 0 Å². The van der Waals surface area contributed by atoms with Gasteiger partial charge in [-0.25, -0.2) is 0 Å². The summed E-state index contributed by atoms with van der Waals surface area (Å²) in [4.78, 5) is 4.41. The molecular weight excluding hydrogens is 242 g/mol. The largest absolute Gasteiger partial charge is 0.485 e. The maximum atomic E-state index is 5.82. The lowest BCUT2D eigenvalue weighted by molar-refractivity contribution is 0.181. The molecule has 1 aromatic heterocycles. The molecule has 0 amide bonds. The SMILES string of the molecule is NCC1(c2nc(COc3ccccc3)no2)CCC1. The Balaban J connectivity index is 1.65. The van der Waals surface area contributed by atoms with Crippen molar-refractivity contribution in [3.05, 3.63) is 42.0 Å². The Bertz CT molecular complexity index is 529. The van der Waals surface area contributed by atoms with E-state index in [1.165, 1.54) is 6.42 Å². The fourth-order valence-corrected chi connectivity index (χ4v) is 2.30. The van der Waals surface area contributed by atoms with Crippen LogP contribution < -0.4 is 10.5 Å². The van der Waals surface area contributed by atoms with E-state index in [4.69, 9.17) is 15.0 Å². The van der Waals surface area contributed by atoms with E-state index in [1.54, 1.807) is 0 Å². The normalized spacial score (nSPS) is 16.9. The molecule has 1 saturated carbocycles. The second-order valence-electron chi connectivity index (χ2n) is 4.96. The van der Waals surface area contributed by atoms with Crippen LogP contribution in [0.5, 0.6) is 5.75 Å². The van der Waals surface area contributed by atoms with Crippen LogP contribution in [-0.4, -0.2) is 16.7 Å². The topological polar surface area (TPSA) is 74.2 Å². The van der Waals surface area contributed by atoms with Gasteiger partial charge in [0.2, 0.25) is 11.7 Å². The van der Waals surface area contributed by atoms with Crippen molar-refractivity contribution in [2.75, 3.05) is 6.54 Å². The van der Waals surface area contributed by atoms with Crippen molar-refractivity contribution in [3.63, 3.8) is 0 Å². The molecule has 0 radical (unpaired) electrons.